The lowest BCUT2D eigenvalue weighted by Crippen LogP contribution is -2.19. The van der Waals surface area contributed by atoms with Gasteiger partial charge in [-0.05, 0) is 37.1 Å². The molecule has 78 valence electrons. The van der Waals surface area contributed by atoms with E-state index in [1.807, 2.05) is 12.1 Å². The molecule has 1 nitrogen and oxygen atoms in total. The molecule has 0 aliphatic rings. The summed E-state index contributed by atoms with van der Waals surface area (Å²) in [5, 5.41) is 3.19. The third kappa shape index (κ3) is 3.64. The van der Waals surface area contributed by atoms with Gasteiger partial charge in [-0.25, -0.2) is 4.39 Å². The first-order valence-electron chi connectivity index (χ1n) is 4.75. The van der Waals surface area contributed by atoms with Crippen molar-refractivity contribution in [2.75, 3.05) is 19.0 Å². The van der Waals surface area contributed by atoms with Gasteiger partial charge in [0.1, 0.15) is 5.82 Å². The number of rotatable bonds is 5. The third-order valence-electron chi connectivity index (χ3n) is 2.08. The van der Waals surface area contributed by atoms with Crippen molar-refractivity contribution in [3.8, 4) is 0 Å². The molecule has 1 aromatic carbocycles. The minimum absolute atomic E-state index is 0.137. The van der Waals surface area contributed by atoms with Crippen LogP contribution in [0, 0.1) is 12.7 Å². The largest absolute Gasteiger partial charge is 0.315 e. The van der Waals surface area contributed by atoms with Gasteiger partial charge in [-0.15, -0.1) is 11.6 Å². The molecule has 0 aromatic heterocycles. The standard InChI is InChI=1S/C11H15ClFN/c1-9-8-10(2-3-11(9)13)4-6-14-7-5-12/h2-3,8,14H,4-7H2,1H3. The van der Waals surface area contributed by atoms with Crippen molar-refractivity contribution < 1.29 is 4.39 Å². The monoisotopic (exact) mass is 215 g/mol. The van der Waals surface area contributed by atoms with Gasteiger partial charge >= 0.3 is 0 Å². The summed E-state index contributed by atoms with van der Waals surface area (Å²) in [6.07, 6.45) is 0.915. The van der Waals surface area contributed by atoms with Crippen LogP contribution in [0.15, 0.2) is 18.2 Å². The van der Waals surface area contributed by atoms with E-state index in [0.717, 1.165) is 25.1 Å². The van der Waals surface area contributed by atoms with Crippen molar-refractivity contribution in [2.45, 2.75) is 13.3 Å². The van der Waals surface area contributed by atoms with Gasteiger partial charge in [-0.3, -0.25) is 0 Å². The number of nitrogens with one attached hydrogen (secondary N) is 1. The molecule has 1 N–H and O–H groups in total. The van der Waals surface area contributed by atoms with Crippen LogP contribution in [0.5, 0.6) is 0 Å². The first-order valence-corrected chi connectivity index (χ1v) is 5.29. The molecule has 0 heterocycles. The zero-order valence-corrected chi connectivity index (χ0v) is 9.07. The maximum atomic E-state index is 12.9. The van der Waals surface area contributed by atoms with Crippen LogP contribution < -0.4 is 5.32 Å². The van der Waals surface area contributed by atoms with Crippen LogP contribution in [0.2, 0.25) is 0 Å². The van der Waals surface area contributed by atoms with E-state index in [0.29, 0.717) is 11.4 Å². The zero-order chi connectivity index (χ0) is 10.4. The maximum Gasteiger partial charge on any atom is 0.126 e. The molecule has 0 fully saturated rings. The molecular formula is C11H15ClFN. The molecule has 0 aliphatic carbocycles. The molecule has 0 saturated heterocycles. The minimum atomic E-state index is -0.137. The molecule has 0 saturated carbocycles. The van der Waals surface area contributed by atoms with Crippen LogP contribution in [0.3, 0.4) is 0 Å². The molecule has 1 aromatic rings. The Morgan fingerprint density at radius 1 is 1.36 bits per heavy atom. The van der Waals surface area contributed by atoms with Crippen LogP contribution in [0.1, 0.15) is 11.1 Å². The van der Waals surface area contributed by atoms with Gasteiger partial charge in [0.25, 0.3) is 0 Å². The van der Waals surface area contributed by atoms with E-state index in [-0.39, 0.29) is 5.82 Å². The van der Waals surface area contributed by atoms with Gasteiger partial charge in [-0.1, -0.05) is 12.1 Å². The average molecular weight is 216 g/mol. The molecule has 0 unspecified atom stereocenters. The van der Waals surface area contributed by atoms with E-state index in [4.69, 9.17) is 11.6 Å². The van der Waals surface area contributed by atoms with Crippen LogP contribution in [0.4, 0.5) is 4.39 Å². The SMILES string of the molecule is Cc1cc(CCNCCCl)ccc1F. The smallest absolute Gasteiger partial charge is 0.126 e. The average Bonchev–Trinajstić information content (AvgIpc) is 2.18. The van der Waals surface area contributed by atoms with E-state index in [1.54, 1.807) is 6.92 Å². The predicted molar refractivity (Wildman–Crippen MR) is 58.4 cm³/mol. The predicted octanol–water partition coefficient (Wildman–Crippen LogP) is 2.51. The van der Waals surface area contributed by atoms with Crippen molar-refractivity contribution in [3.05, 3.63) is 35.1 Å². The normalized spacial score (nSPS) is 10.5. The summed E-state index contributed by atoms with van der Waals surface area (Å²) in [7, 11) is 0. The fraction of sp³-hybridized carbons (Fsp3) is 0.455. The summed E-state index contributed by atoms with van der Waals surface area (Å²) in [6, 6.07) is 5.23. The molecule has 14 heavy (non-hydrogen) atoms. The van der Waals surface area contributed by atoms with Gasteiger partial charge in [0.15, 0.2) is 0 Å². The topological polar surface area (TPSA) is 12.0 Å². The molecule has 0 amide bonds. The Hall–Kier alpha value is -0.600. The van der Waals surface area contributed by atoms with Gasteiger partial charge in [0, 0.05) is 12.4 Å². The Balaban J connectivity index is 2.39. The van der Waals surface area contributed by atoms with Crippen molar-refractivity contribution >= 4 is 11.6 Å². The Labute approximate surface area is 89.3 Å². The van der Waals surface area contributed by atoms with Gasteiger partial charge in [0.05, 0.1) is 0 Å². The highest BCUT2D eigenvalue weighted by Gasteiger charge is 1.98. The summed E-state index contributed by atoms with van der Waals surface area (Å²) < 4.78 is 12.9. The molecular weight excluding hydrogens is 201 g/mol. The molecule has 0 atom stereocenters. The van der Waals surface area contributed by atoms with E-state index in [1.165, 1.54) is 6.07 Å². The number of hydrogen-bond donors (Lipinski definition) is 1. The lowest BCUT2D eigenvalue weighted by Gasteiger charge is -2.04. The summed E-state index contributed by atoms with van der Waals surface area (Å²) in [6.45, 7) is 3.49. The summed E-state index contributed by atoms with van der Waals surface area (Å²) >= 11 is 5.52. The molecule has 0 radical (unpaired) electrons. The van der Waals surface area contributed by atoms with Crippen molar-refractivity contribution in [1.29, 1.82) is 0 Å². The second kappa shape index (κ2) is 5.99. The van der Waals surface area contributed by atoms with Crippen LogP contribution in [0.25, 0.3) is 0 Å². The lowest BCUT2D eigenvalue weighted by atomic mass is 10.1. The lowest BCUT2D eigenvalue weighted by molar-refractivity contribution is 0.617. The summed E-state index contributed by atoms with van der Waals surface area (Å²) in [5.74, 6) is 0.491. The molecule has 0 bridgehead atoms. The highest BCUT2D eigenvalue weighted by atomic mass is 35.5. The van der Waals surface area contributed by atoms with E-state index in [9.17, 15) is 4.39 Å². The molecule has 0 aliphatic heterocycles. The van der Waals surface area contributed by atoms with E-state index < -0.39 is 0 Å². The first-order chi connectivity index (χ1) is 6.74. The Morgan fingerprint density at radius 3 is 2.79 bits per heavy atom. The Bertz CT molecular complexity index is 289. The van der Waals surface area contributed by atoms with Gasteiger partial charge < -0.3 is 5.32 Å². The quantitative estimate of drug-likeness (QED) is 0.588. The number of hydrogen-bond acceptors (Lipinski definition) is 1. The maximum absolute atomic E-state index is 12.9. The highest BCUT2D eigenvalue weighted by molar-refractivity contribution is 6.18. The number of aryl methyl sites for hydroxylation is 1. The Morgan fingerprint density at radius 2 is 2.14 bits per heavy atom. The zero-order valence-electron chi connectivity index (χ0n) is 8.32. The summed E-state index contributed by atoms with van der Waals surface area (Å²) in [4.78, 5) is 0. The second-order valence-corrected chi connectivity index (χ2v) is 3.65. The highest BCUT2D eigenvalue weighted by Crippen LogP contribution is 2.09. The number of alkyl halides is 1. The van der Waals surface area contributed by atoms with Gasteiger partial charge in [-0.2, -0.15) is 0 Å². The number of halogens is 2. The van der Waals surface area contributed by atoms with Crippen molar-refractivity contribution in [2.24, 2.45) is 0 Å². The molecule has 1 rings (SSSR count). The number of benzene rings is 1. The van der Waals surface area contributed by atoms with Crippen LogP contribution >= 0.6 is 11.6 Å². The second-order valence-electron chi connectivity index (χ2n) is 3.27. The van der Waals surface area contributed by atoms with E-state index in [2.05, 4.69) is 5.32 Å². The van der Waals surface area contributed by atoms with Crippen molar-refractivity contribution in [1.82, 2.24) is 5.32 Å². The van der Waals surface area contributed by atoms with Crippen LogP contribution in [-0.4, -0.2) is 19.0 Å². The van der Waals surface area contributed by atoms with Crippen LogP contribution in [-0.2, 0) is 6.42 Å². The fourth-order valence-electron chi connectivity index (χ4n) is 1.29. The van der Waals surface area contributed by atoms with Crippen molar-refractivity contribution in [3.63, 3.8) is 0 Å². The fourth-order valence-corrected chi connectivity index (χ4v) is 1.42. The van der Waals surface area contributed by atoms with E-state index >= 15 is 0 Å². The Kier molecular flexibility index (Phi) is 4.91. The minimum Gasteiger partial charge on any atom is -0.315 e. The third-order valence-corrected chi connectivity index (χ3v) is 2.27. The molecule has 3 heteroatoms. The first kappa shape index (κ1) is 11.5. The van der Waals surface area contributed by atoms with Gasteiger partial charge in [0.2, 0.25) is 0 Å². The summed E-state index contributed by atoms with van der Waals surface area (Å²) in [5.41, 5.74) is 1.87. The molecule has 0 spiro atoms.